The quantitative estimate of drug-likeness (QED) is 0.175. The highest BCUT2D eigenvalue weighted by molar-refractivity contribution is 9.10. The van der Waals surface area contributed by atoms with Gasteiger partial charge in [-0.15, -0.1) is 0 Å². The van der Waals surface area contributed by atoms with Crippen LogP contribution in [-0.4, -0.2) is 11.8 Å². The fourth-order valence-electron chi connectivity index (χ4n) is 2.37. The van der Waals surface area contributed by atoms with Gasteiger partial charge in [-0.25, -0.2) is 4.79 Å². The van der Waals surface area contributed by atoms with Crippen molar-refractivity contribution in [3.63, 3.8) is 0 Å². The largest absolute Gasteiger partial charge is 0.423 e. The van der Waals surface area contributed by atoms with Gasteiger partial charge in [-0.05, 0) is 82.2 Å². The summed E-state index contributed by atoms with van der Waals surface area (Å²) in [6.07, 6.45) is 3.05. The molecule has 0 saturated heterocycles. The lowest BCUT2D eigenvalue weighted by Crippen LogP contribution is -2.09. The van der Waals surface area contributed by atoms with Crippen LogP contribution in [0.5, 0.6) is 5.75 Å². The van der Waals surface area contributed by atoms with Gasteiger partial charge in [0.15, 0.2) is 5.78 Å². The fourth-order valence-corrected chi connectivity index (χ4v) is 3.29. The number of ketones is 1. The van der Waals surface area contributed by atoms with Crippen LogP contribution in [-0.2, 0) is 0 Å². The van der Waals surface area contributed by atoms with Gasteiger partial charge in [-0.2, -0.15) is 0 Å². The van der Waals surface area contributed by atoms with Crippen molar-refractivity contribution in [2.45, 2.75) is 0 Å². The molecule has 0 radical (unpaired) electrons. The summed E-state index contributed by atoms with van der Waals surface area (Å²) in [5, 5.41) is 0.993. The third kappa shape index (κ3) is 5.10. The van der Waals surface area contributed by atoms with Gasteiger partial charge in [-0.3, -0.25) is 4.79 Å². The van der Waals surface area contributed by atoms with E-state index in [4.69, 9.17) is 27.9 Å². The maximum atomic E-state index is 12.3. The Balaban J connectivity index is 1.68. The molecular weight excluding hydrogens is 463 g/mol. The van der Waals surface area contributed by atoms with Gasteiger partial charge in [0.05, 0.1) is 5.56 Å². The number of ether oxygens (including phenoxy) is 1. The first kappa shape index (κ1) is 20.3. The topological polar surface area (TPSA) is 43.4 Å². The summed E-state index contributed by atoms with van der Waals surface area (Å²) < 4.78 is 5.99. The third-order valence-corrected chi connectivity index (χ3v) is 5.07. The first-order valence-electron chi connectivity index (χ1n) is 8.18. The number of esters is 1. The van der Waals surface area contributed by atoms with Gasteiger partial charge < -0.3 is 4.74 Å². The van der Waals surface area contributed by atoms with Gasteiger partial charge in [0, 0.05) is 20.1 Å². The third-order valence-electron chi connectivity index (χ3n) is 3.82. The smallest absolute Gasteiger partial charge is 0.344 e. The molecule has 0 fully saturated rings. The Bertz CT molecular complexity index is 1060. The molecule has 140 valence electrons. The number of allylic oxidation sites excluding steroid dienone is 1. The van der Waals surface area contributed by atoms with E-state index in [9.17, 15) is 9.59 Å². The van der Waals surface area contributed by atoms with Crippen molar-refractivity contribution >= 4 is 57.0 Å². The Hall–Kier alpha value is -2.40. The molecule has 0 heterocycles. The van der Waals surface area contributed by atoms with Gasteiger partial charge in [0.25, 0.3) is 0 Å². The molecule has 0 saturated carbocycles. The highest BCUT2D eigenvalue weighted by atomic mass is 79.9. The van der Waals surface area contributed by atoms with Crippen molar-refractivity contribution < 1.29 is 14.3 Å². The van der Waals surface area contributed by atoms with E-state index in [1.165, 1.54) is 6.08 Å². The maximum absolute atomic E-state index is 12.3. The van der Waals surface area contributed by atoms with E-state index in [1.54, 1.807) is 66.7 Å². The minimum Gasteiger partial charge on any atom is -0.423 e. The van der Waals surface area contributed by atoms with Crippen LogP contribution in [0.3, 0.4) is 0 Å². The van der Waals surface area contributed by atoms with Gasteiger partial charge in [-0.1, -0.05) is 41.4 Å². The van der Waals surface area contributed by atoms with E-state index in [1.807, 2.05) is 6.07 Å². The number of carbonyl (C=O) groups is 2. The van der Waals surface area contributed by atoms with Crippen molar-refractivity contribution in [1.29, 1.82) is 0 Å². The first-order valence-corrected chi connectivity index (χ1v) is 9.73. The normalized spacial score (nSPS) is 10.8. The summed E-state index contributed by atoms with van der Waals surface area (Å²) in [5.74, 6) is -0.333. The molecule has 0 aliphatic carbocycles. The van der Waals surface area contributed by atoms with Crippen LogP contribution < -0.4 is 4.74 Å². The molecule has 3 aromatic rings. The van der Waals surface area contributed by atoms with Crippen molar-refractivity contribution in [2.24, 2.45) is 0 Å². The molecule has 0 bridgehead atoms. The van der Waals surface area contributed by atoms with Gasteiger partial charge in [0.1, 0.15) is 5.75 Å². The van der Waals surface area contributed by atoms with Crippen LogP contribution in [0.1, 0.15) is 26.3 Å². The Morgan fingerprint density at radius 2 is 1.64 bits per heavy atom. The summed E-state index contributed by atoms with van der Waals surface area (Å²) in [4.78, 5) is 24.5. The standard InChI is InChI=1S/C22H13BrCl2O3/c23-19-4-2-1-3-18(19)22(27)28-17-10-6-15(7-11-17)21(26)12-8-14-5-9-16(24)13-20(14)25/h1-13H/b12-8+. The number of carbonyl (C=O) groups excluding carboxylic acids is 2. The van der Waals surface area contributed by atoms with E-state index in [-0.39, 0.29) is 5.78 Å². The maximum Gasteiger partial charge on any atom is 0.344 e. The zero-order valence-electron chi connectivity index (χ0n) is 14.4. The van der Waals surface area contributed by atoms with E-state index in [0.717, 1.165) is 0 Å². The molecular formula is C22H13BrCl2O3. The van der Waals surface area contributed by atoms with Gasteiger partial charge >= 0.3 is 5.97 Å². The lowest BCUT2D eigenvalue weighted by atomic mass is 10.1. The fraction of sp³-hybridized carbons (Fsp3) is 0. The van der Waals surface area contributed by atoms with Gasteiger partial charge in [0.2, 0.25) is 0 Å². The second kappa shape index (κ2) is 9.20. The SMILES string of the molecule is O=C(/C=C/c1ccc(Cl)cc1Cl)c1ccc(OC(=O)c2ccccc2Br)cc1. The molecule has 0 aliphatic heterocycles. The first-order chi connectivity index (χ1) is 13.4. The number of hydrogen-bond acceptors (Lipinski definition) is 3. The average molecular weight is 476 g/mol. The van der Waals surface area contributed by atoms with Crippen molar-refractivity contribution in [3.05, 3.63) is 104 Å². The molecule has 3 aromatic carbocycles. The summed E-state index contributed by atoms with van der Waals surface area (Å²) in [6.45, 7) is 0. The van der Waals surface area contributed by atoms with E-state index in [0.29, 0.717) is 37.0 Å². The minimum atomic E-state index is -0.483. The van der Waals surface area contributed by atoms with Crippen LogP contribution >= 0.6 is 39.1 Å². The molecule has 3 rings (SSSR count). The molecule has 0 unspecified atom stereocenters. The number of hydrogen-bond donors (Lipinski definition) is 0. The molecule has 3 nitrogen and oxygen atoms in total. The zero-order valence-corrected chi connectivity index (χ0v) is 17.5. The molecule has 6 heteroatoms. The average Bonchev–Trinajstić information content (AvgIpc) is 2.68. The summed E-state index contributed by atoms with van der Waals surface area (Å²) in [7, 11) is 0. The molecule has 0 aliphatic rings. The van der Waals surface area contributed by atoms with Crippen LogP contribution in [0.2, 0.25) is 10.0 Å². The van der Waals surface area contributed by atoms with Crippen LogP contribution in [0.4, 0.5) is 0 Å². The second-order valence-electron chi connectivity index (χ2n) is 5.76. The Morgan fingerprint density at radius 3 is 2.32 bits per heavy atom. The Kier molecular flexibility index (Phi) is 6.68. The van der Waals surface area contributed by atoms with E-state index >= 15 is 0 Å². The molecule has 28 heavy (non-hydrogen) atoms. The van der Waals surface area contributed by atoms with E-state index in [2.05, 4.69) is 15.9 Å². The summed E-state index contributed by atoms with van der Waals surface area (Å²) >= 11 is 15.3. The predicted octanol–water partition coefficient (Wildman–Crippen LogP) is 6.87. The van der Waals surface area contributed by atoms with E-state index < -0.39 is 5.97 Å². The zero-order chi connectivity index (χ0) is 20.1. The lowest BCUT2D eigenvalue weighted by molar-refractivity contribution is 0.0733. The molecule has 0 N–H and O–H groups in total. The highest BCUT2D eigenvalue weighted by Crippen LogP contribution is 2.23. The van der Waals surface area contributed by atoms with Crippen molar-refractivity contribution in [3.8, 4) is 5.75 Å². The molecule has 0 aromatic heterocycles. The summed E-state index contributed by atoms with van der Waals surface area (Å²) in [5.41, 5.74) is 1.57. The number of benzene rings is 3. The molecule has 0 atom stereocenters. The minimum absolute atomic E-state index is 0.199. The lowest BCUT2D eigenvalue weighted by Gasteiger charge is -2.06. The van der Waals surface area contributed by atoms with Crippen LogP contribution in [0.15, 0.2) is 77.3 Å². The number of halogens is 3. The van der Waals surface area contributed by atoms with Crippen molar-refractivity contribution in [1.82, 2.24) is 0 Å². The molecule has 0 amide bonds. The van der Waals surface area contributed by atoms with Crippen LogP contribution in [0.25, 0.3) is 6.08 Å². The Labute approximate surface area is 180 Å². The van der Waals surface area contributed by atoms with Crippen molar-refractivity contribution in [2.75, 3.05) is 0 Å². The number of rotatable bonds is 5. The predicted molar refractivity (Wildman–Crippen MR) is 115 cm³/mol. The second-order valence-corrected chi connectivity index (χ2v) is 7.46. The monoisotopic (exact) mass is 474 g/mol. The highest BCUT2D eigenvalue weighted by Gasteiger charge is 2.12. The van der Waals surface area contributed by atoms with Crippen LogP contribution in [0, 0.1) is 0 Å². The molecule has 0 spiro atoms. The summed E-state index contributed by atoms with van der Waals surface area (Å²) in [6, 6.07) is 18.4. The Morgan fingerprint density at radius 1 is 0.929 bits per heavy atom.